The van der Waals surface area contributed by atoms with Gasteiger partial charge in [0, 0.05) is 50.0 Å². The molecule has 6 atom stereocenters. The van der Waals surface area contributed by atoms with Gasteiger partial charge < -0.3 is 45.7 Å². The third kappa shape index (κ3) is 12.1. The number of aliphatic imine (C=N–C) groups is 1. The summed E-state index contributed by atoms with van der Waals surface area (Å²) in [5.74, 6) is 0.112. The average molecular weight is 682 g/mol. The Balaban J connectivity index is 1.43. The van der Waals surface area contributed by atoms with Crippen LogP contribution in [0.15, 0.2) is 16.3 Å². The van der Waals surface area contributed by atoms with E-state index in [1.165, 1.54) is 14.2 Å². The van der Waals surface area contributed by atoms with Gasteiger partial charge in [0.2, 0.25) is 12.4 Å². The molecule has 3 aliphatic rings. The van der Waals surface area contributed by atoms with Gasteiger partial charge in [0.25, 0.3) is 0 Å². The van der Waals surface area contributed by atoms with Crippen LogP contribution in [0.5, 0.6) is 0 Å². The number of aliphatic hydroxyl groups is 2. The molecule has 4 amide bonds. The summed E-state index contributed by atoms with van der Waals surface area (Å²) in [6.07, 6.45) is 1.82. The van der Waals surface area contributed by atoms with Crippen molar-refractivity contribution in [2.24, 2.45) is 26.7 Å². The number of hydrogen-bond acceptors (Lipinski definition) is 11. The van der Waals surface area contributed by atoms with Crippen LogP contribution in [0, 0.1) is 21.7 Å². The predicted octanol–water partition coefficient (Wildman–Crippen LogP) is 2.99. The van der Waals surface area contributed by atoms with Crippen molar-refractivity contribution < 1.29 is 38.8 Å². The number of urea groups is 1. The van der Waals surface area contributed by atoms with Gasteiger partial charge in [-0.1, -0.05) is 41.5 Å². The van der Waals surface area contributed by atoms with Crippen LogP contribution in [0.4, 0.5) is 14.4 Å². The number of carbonyl (C=O) groups excluding carboxylic acids is 3. The third-order valence-corrected chi connectivity index (χ3v) is 9.52. The van der Waals surface area contributed by atoms with E-state index in [4.69, 9.17) is 14.2 Å². The number of amides is 4. The minimum absolute atomic E-state index is 0.00299. The summed E-state index contributed by atoms with van der Waals surface area (Å²) in [4.78, 5) is 41.3. The summed E-state index contributed by atoms with van der Waals surface area (Å²) in [5, 5.41) is 38.1. The van der Waals surface area contributed by atoms with Crippen LogP contribution < -0.4 is 31.9 Å². The first-order valence-corrected chi connectivity index (χ1v) is 16.7. The lowest BCUT2D eigenvalue weighted by molar-refractivity contribution is -0.112. The highest BCUT2D eigenvalue weighted by Gasteiger charge is 2.43. The van der Waals surface area contributed by atoms with Crippen molar-refractivity contribution in [3.8, 4) is 0 Å². The fourth-order valence-corrected chi connectivity index (χ4v) is 8.35. The fraction of sp³-hybridized carbons (Fsp3) is 0.818. The van der Waals surface area contributed by atoms with Crippen molar-refractivity contribution in [3.63, 3.8) is 0 Å². The van der Waals surface area contributed by atoms with Gasteiger partial charge in [-0.25, -0.2) is 19.4 Å². The molecule has 8 N–H and O–H groups in total. The van der Waals surface area contributed by atoms with Gasteiger partial charge in [-0.15, -0.1) is 0 Å². The Morgan fingerprint density at radius 3 is 2.08 bits per heavy atom. The summed E-state index contributed by atoms with van der Waals surface area (Å²) < 4.78 is 15.1. The standard InChI is InChI=1S/C33H59N7O8/c1-20-23(10-11-48-27(43)35-19-33(7)15-22(38-29(45)47-9)13-31(4,5)17-33)24(41)39-25(36-20)40-26(42)34-18-32(6)14-21(37-28(44)46-8)12-30(2,3)16-32/h21-22,24,28,37,41,44H,10-19H2,1-9H3,(H,35,43)(H,38,45)(H3,34,36,39,40,42). The highest BCUT2D eigenvalue weighted by Crippen LogP contribution is 2.47. The molecule has 15 heteroatoms. The molecule has 2 fully saturated rings. The Morgan fingerprint density at radius 1 is 0.917 bits per heavy atom. The molecule has 274 valence electrons. The normalized spacial score (nSPS) is 30.2. The van der Waals surface area contributed by atoms with Crippen molar-refractivity contribution in [2.45, 2.75) is 118 Å². The Labute approximate surface area is 284 Å². The van der Waals surface area contributed by atoms with Crippen LogP contribution >= 0.6 is 0 Å². The first-order valence-electron chi connectivity index (χ1n) is 16.7. The van der Waals surface area contributed by atoms with E-state index < -0.39 is 30.9 Å². The Hall–Kier alpha value is -3.14. The molecule has 0 aromatic heterocycles. The number of nitrogens with one attached hydrogen (secondary N) is 6. The smallest absolute Gasteiger partial charge is 0.407 e. The second kappa shape index (κ2) is 16.0. The van der Waals surface area contributed by atoms with Gasteiger partial charge in [0.05, 0.1) is 13.7 Å². The minimum atomic E-state index is -1.22. The number of ether oxygens (including phenoxy) is 3. The van der Waals surface area contributed by atoms with Gasteiger partial charge in [-0.2, -0.15) is 0 Å². The predicted molar refractivity (Wildman–Crippen MR) is 181 cm³/mol. The monoisotopic (exact) mass is 681 g/mol. The largest absolute Gasteiger partial charge is 0.453 e. The summed E-state index contributed by atoms with van der Waals surface area (Å²) in [7, 11) is 2.78. The van der Waals surface area contributed by atoms with E-state index in [0.717, 1.165) is 32.1 Å². The van der Waals surface area contributed by atoms with E-state index in [2.05, 4.69) is 78.4 Å². The molecule has 2 saturated carbocycles. The maximum Gasteiger partial charge on any atom is 0.407 e. The highest BCUT2D eigenvalue weighted by atomic mass is 16.6. The summed E-state index contributed by atoms with van der Waals surface area (Å²) >= 11 is 0. The number of rotatable bonds is 11. The second-order valence-corrected chi connectivity index (χ2v) is 16.1. The van der Waals surface area contributed by atoms with Crippen LogP contribution in [0.2, 0.25) is 0 Å². The van der Waals surface area contributed by atoms with Crippen molar-refractivity contribution in [1.29, 1.82) is 0 Å². The number of nitrogens with zero attached hydrogens (tertiary/aromatic N) is 1. The molecule has 0 bridgehead atoms. The zero-order valence-corrected chi connectivity index (χ0v) is 30.2. The molecule has 0 aromatic rings. The molecule has 48 heavy (non-hydrogen) atoms. The Morgan fingerprint density at radius 2 is 1.50 bits per heavy atom. The van der Waals surface area contributed by atoms with Gasteiger partial charge in [0.15, 0.2) is 6.23 Å². The molecule has 1 aliphatic heterocycles. The molecule has 0 radical (unpaired) electrons. The molecule has 1 heterocycles. The van der Waals surface area contributed by atoms with Crippen LogP contribution in [-0.2, 0) is 14.2 Å². The molecule has 2 aliphatic carbocycles. The summed E-state index contributed by atoms with van der Waals surface area (Å²) in [6, 6.07) is -0.500. The Bertz CT molecular complexity index is 1220. The molecule has 0 saturated heterocycles. The van der Waals surface area contributed by atoms with Crippen molar-refractivity contribution >= 4 is 24.2 Å². The number of guanidine groups is 1. The van der Waals surface area contributed by atoms with Crippen LogP contribution in [0.1, 0.15) is 93.4 Å². The van der Waals surface area contributed by atoms with Gasteiger partial charge in [-0.05, 0) is 67.1 Å². The van der Waals surface area contributed by atoms with E-state index in [9.17, 15) is 24.6 Å². The van der Waals surface area contributed by atoms with E-state index in [0.29, 0.717) is 30.8 Å². The number of alkyl carbamates (subject to hydrolysis) is 2. The third-order valence-electron chi connectivity index (χ3n) is 9.52. The zero-order chi connectivity index (χ0) is 35.9. The lowest BCUT2D eigenvalue weighted by Gasteiger charge is -2.47. The van der Waals surface area contributed by atoms with Crippen molar-refractivity contribution in [1.82, 2.24) is 31.9 Å². The van der Waals surface area contributed by atoms with Crippen molar-refractivity contribution in [2.75, 3.05) is 33.9 Å². The quantitative estimate of drug-likeness (QED) is 0.150. The number of methoxy groups -OCH3 is 2. The van der Waals surface area contributed by atoms with Gasteiger partial charge in [-0.3, -0.25) is 10.6 Å². The van der Waals surface area contributed by atoms with Gasteiger partial charge in [0.1, 0.15) is 0 Å². The fourth-order valence-electron chi connectivity index (χ4n) is 8.35. The van der Waals surface area contributed by atoms with Crippen LogP contribution in [0.25, 0.3) is 0 Å². The number of aliphatic hydroxyl groups excluding tert-OH is 2. The summed E-state index contributed by atoms with van der Waals surface area (Å²) in [6.45, 7) is 15.4. The maximum absolute atomic E-state index is 12.8. The molecule has 0 spiro atoms. The number of carbonyl (C=O) groups is 3. The topological polar surface area (TPSA) is 204 Å². The molecule has 6 unspecified atom stereocenters. The molecular weight excluding hydrogens is 622 g/mol. The Kier molecular flexibility index (Phi) is 13.1. The zero-order valence-electron chi connectivity index (χ0n) is 30.2. The maximum atomic E-state index is 12.8. The summed E-state index contributed by atoms with van der Waals surface area (Å²) in [5.41, 5.74) is 0.628. The molecule has 3 rings (SSSR count). The number of hydrogen-bond donors (Lipinski definition) is 8. The number of allylic oxidation sites excluding steroid dienone is 1. The second-order valence-electron chi connectivity index (χ2n) is 16.1. The average Bonchev–Trinajstić information content (AvgIpc) is 2.94. The van der Waals surface area contributed by atoms with Crippen LogP contribution in [-0.4, -0.2) is 93.0 Å². The van der Waals surface area contributed by atoms with E-state index in [1.807, 2.05) is 0 Å². The van der Waals surface area contributed by atoms with E-state index in [1.54, 1.807) is 6.92 Å². The molecular formula is C33H59N7O8. The van der Waals surface area contributed by atoms with Gasteiger partial charge >= 0.3 is 18.2 Å². The molecule has 0 aromatic carbocycles. The lowest BCUT2D eigenvalue weighted by Crippen LogP contribution is -2.53. The van der Waals surface area contributed by atoms with Crippen LogP contribution in [0.3, 0.4) is 0 Å². The van der Waals surface area contributed by atoms with E-state index >= 15 is 0 Å². The SMILES string of the molecule is COC(=O)NC1CC(C)(C)CC(C)(CNC(=O)OCCC2=C(C)NC(NC(=O)NCC3(C)CC(NC(O)OC)CC(C)(C)C3)=NC2O)C1. The van der Waals surface area contributed by atoms with Crippen molar-refractivity contribution in [3.05, 3.63) is 11.3 Å². The lowest BCUT2D eigenvalue weighted by atomic mass is 9.62. The van der Waals surface area contributed by atoms with E-state index in [-0.39, 0.29) is 52.7 Å². The molecule has 15 nitrogen and oxygen atoms in total. The highest BCUT2D eigenvalue weighted by molar-refractivity contribution is 5.97. The first kappa shape index (κ1) is 39.3. The minimum Gasteiger partial charge on any atom is -0.453 e. The first-order chi connectivity index (χ1) is 22.2.